The lowest BCUT2D eigenvalue weighted by molar-refractivity contribution is -0.161. The summed E-state index contributed by atoms with van der Waals surface area (Å²) in [6, 6.07) is 23.2. The van der Waals surface area contributed by atoms with Gasteiger partial charge < -0.3 is 9.84 Å². The number of aliphatic hydroxyl groups excluding tert-OH is 1. The topological polar surface area (TPSA) is 129 Å². The summed E-state index contributed by atoms with van der Waals surface area (Å²) in [5, 5.41) is 20.5. The Labute approximate surface area is 285 Å². The number of aromatic nitrogens is 1. The van der Waals surface area contributed by atoms with E-state index in [1.165, 1.54) is 42.6 Å². The molecular formula is C38H37F2N3O5S. The van der Waals surface area contributed by atoms with Gasteiger partial charge in [0, 0.05) is 24.2 Å². The van der Waals surface area contributed by atoms with Crippen LogP contribution in [0.15, 0.2) is 107 Å². The quantitative estimate of drug-likeness (QED) is 0.153. The molecule has 2 N–H and O–H groups in total. The Bertz CT molecular complexity index is 1950. The summed E-state index contributed by atoms with van der Waals surface area (Å²) in [7, 11) is -4.11. The minimum absolute atomic E-state index is 0.0275. The molecule has 0 aliphatic carbocycles. The first kappa shape index (κ1) is 35.2. The second-order valence-corrected chi connectivity index (χ2v) is 15.0. The van der Waals surface area contributed by atoms with E-state index in [-0.39, 0.29) is 45.7 Å². The Morgan fingerprint density at radius 3 is 2.04 bits per heavy atom. The first-order valence-electron chi connectivity index (χ1n) is 15.8. The van der Waals surface area contributed by atoms with Gasteiger partial charge >= 0.3 is 5.97 Å². The number of nitrogens with zero attached hydrogens (tertiary/aromatic N) is 2. The number of nitrogens with one attached hydrogen (secondary N) is 1. The fourth-order valence-electron chi connectivity index (χ4n) is 6.23. The zero-order valence-electron chi connectivity index (χ0n) is 27.4. The van der Waals surface area contributed by atoms with Crippen LogP contribution in [0.4, 0.5) is 14.5 Å². The van der Waals surface area contributed by atoms with Gasteiger partial charge in [-0.2, -0.15) is 13.7 Å². The molecule has 0 radical (unpaired) electrons. The van der Waals surface area contributed by atoms with Crippen molar-refractivity contribution in [2.45, 2.75) is 69.4 Å². The summed E-state index contributed by atoms with van der Waals surface area (Å²) in [5.74, 6) is -2.22. The van der Waals surface area contributed by atoms with Crippen LogP contribution in [-0.4, -0.2) is 30.1 Å². The Morgan fingerprint density at radius 2 is 1.55 bits per heavy atom. The normalized spacial score (nSPS) is 15.3. The van der Waals surface area contributed by atoms with Crippen molar-refractivity contribution >= 4 is 21.7 Å². The largest absolute Gasteiger partial charge is 0.512 e. The lowest BCUT2D eigenvalue weighted by atomic mass is 9.70. The third-order valence-corrected chi connectivity index (χ3v) is 9.96. The Morgan fingerprint density at radius 1 is 0.959 bits per heavy atom. The maximum atomic E-state index is 14.1. The number of cyclic esters (lactones) is 1. The predicted octanol–water partition coefficient (Wildman–Crippen LogP) is 7.93. The molecule has 1 aromatic heterocycles. The maximum absolute atomic E-state index is 14.1. The lowest BCUT2D eigenvalue weighted by Gasteiger charge is -2.41. The highest BCUT2D eigenvalue weighted by Crippen LogP contribution is 2.47. The van der Waals surface area contributed by atoms with E-state index >= 15 is 0 Å². The van der Waals surface area contributed by atoms with E-state index in [9.17, 15) is 27.1 Å². The van der Waals surface area contributed by atoms with Gasteiger partial charge in [0.25, 0.3) is 10.0 Å². The van der Waals surface area contributed by atoms with Crippen molar-refractivity contribution in [1.82, 2.24) is 4.98 Å². The van der Waals surface area contributed by atoms with Gasteiger partial charge in [-0.15, -0.1) is 0 Å². The molecular weight excluding hydrogens is 648 g/mol. The number of hydrogen-bond donors (Lipinski definition) is 2. The van der Waals surface area contributed by atoms with E-state index in [0.717, 1.165) is 11.1 Å². The number of halogens is 2. The molecule has 0 spiro atoms. The first-order valence-corrected chi connectivity index (χ1v) is 17.3. The summed E-state index contributed by atoms with van der Waals surface area (Å²) in [6.07, 6.45) is 2.81. The third-order valence-electron chi connectivity index (χ3n) is 8.66. The van der Waals surface area contributed by atoms with Crippen LogP contribution >= 0.6 is 0 Å². The molecule has 254 valence electrons. The zero-order chi connectivity index (χ0) is 35.4. The van der Waals surface area contributed by atoms with Crippen LogP contribution in [0.2, 0.25) is 0 Å². The van der Waals surface area contributed by atoms with Crippen molar-refractivity contribution < 1.29 is 31.8 Å². The third kappa shape index (κ3) is 8.51. The molecule has 49 heavy (non-hydrogen) atoms. The molecule has 0 saturated carbocycles. The molecule has 0 saturated heterocycles. The van der Waals surface area contributed by atoms with Crippen molar-refractivity contribution in [3.8, 4) is 6.07 Å². The molecule has 1 unspecified atom stereocenters. The molecule has 5 rings (SSSR count). The number of sulfonamides is 1. The van der Waals surface area contributed by atoms with Gasteiger partial charge in [0.15, 0.2) is 5.03 Å². The number of aliphatic hydroxyl groups is 1. The van der Waals surface area contributed by atoms with E-state index in [1.54, 1.807) is 48.5 Å². The van der Waals surface area contributed by atoms with Gasteiger partial charge in [-0.05, 0) is 96.3 Å². The number of esters is 1. The molecule has 1 aliphatic heterocycles. The van der Waals surface area contributed by atoms with Crippen molar-refractivity contribution in [3.05, 3.63) is 136 Å². The maximum Gasteiger partial charge on any atom is 0.338 e. The van der Waals surface area contributed by atoms with E-state index in [0.29, 0.717) is 31.2 Å². The summed E-state index contributed by atoms with van der Waals surface area (Å²) < 4.78 is 62.2. The highest BCUT2D eigenvalue weighted by molar-refractivity contribution is 7.92. The van der Waals surface area contributed by atoms with Gasteiger partial charge in [0.2, 0.25) is 0 Å². The fourth-order valence-corrected chi connectivity index (χ4v) is 7.22. The molecule has 8 nitrogen and oxygen atoms in total. The average molecular weight is 686 g/mol. The monoisotopic (exact) mass is 685 g/mol. The number of benzene rings is 3. The number of carbonyl (C=O) groups excluding carboxylic acids is 1. The minimum Gasteiger partial charge on any atom is -0.512 e. The number of aryl methyl sites for hydroxylation is 2. The lowest BCUT2D eigenvalue weighted by Crippen LogP contribution is -2.43. The number of rotatable bonds is 11. The van der Waals surface area contributed by atoms with Crippen LogP contribution in [0.3, 0.4) is 0 Å². The second kappa shape index (κ2) is 14.2. The average Bonchev–Trinajstić information content (AvgIpc) is 3.05. The summed E-state index contributed by atoms with van der Waals surface area (Å²) in [4.78, 5) is 18.0. The summed E-state index contributed by atoms with van der Waals surface area (Å²) in [6.45, 7) is 5.73. The van der Waals surface area contributed by atoms with Gasteiger partial charge in [-0.3, -0.25) is 4.72 Å². The van der Waals surface area contributed by atoms with Crippen LogP contribution in [0.1, 0.15) is 68.2 Å². The smallest absolute Gasteiger partial charge is 0.338 e. The standard InChI is InChI=1S/C38H37F2N3O5S/c1-37(2,3)35(28-5-4-6-31(21-28)43-49(46,47)33-16-11-27(23-41)24-42-33)34-32(44)22-38(48-36(34)45,19-17-25-7-12-29(39)13-8-25)20-18-26-9-14-30(40)15-10-26/h4-16,21,24,35,43-44H,17-20,22H2,1-3H3. The zero-order valence-corrected chi connectivity index (χ0v) is 28.2. The van der Waals surface area contributed by atoms with Crippen LogP contribution in [0, 0.1) is 28.4 Å². The molecule has 11 heteroatoms. The number of pyridine rings is 1. The Hall–Kier alpha value is -5.08. The number of hydrogen-bond acceptors (Lipinski definition) is 7. The number of carbonyl (C=O) groups is 1. The number of anilines is 1. The highest BCUT2D eigenvalue weighted by Gasteiger charge is 2.46. The van der Waals surface area contributed by atoms with Crippen LogP contribution in [0.5, 0.6) is 0 Å². The van der Waals surface area contributed by atoms with Gasteiger partial charge in [0.05, 0.1) is 11.1 Å². The summed E-state index contributed by atoms with van der Waals surface area (Å²) >= 11 is 0. The first-order chi connectivity index (χ1) is 23.2. The van der Waals surface area contributed by atoms with Gasteiger partial charge in [-0.1, -0.05) is 57.2 Å². The molecule has 0 bridgehead atoms. The second-order valence-electron chi connectivity index (χ2n) is 13.4. The van der Waals surface area contributed by atoms with Crippen molar-refractivity contribution in [2.24, 2.45) is 5.41 Å². The van der Waals surface area contributed by atoms with Crippen molar-refractivity contribution in [2.75, 3.05) is 4.72 Å². The molecule has 0 amide bonds. The molecule has 3 aromatic carbocycles. The molecule has 4 aromatic rings. The van der Waals surface area contributed by atoms with Gasteiger partial charge in [-0.25, -0.2) is 18.6 Å². The predicted molar refractivity (Wildman–Crippen MR) is 181 cm³/mol. The number of nitriles is 1. The molecule has 2 heterocycles. The van der Waals surface area contributed by atoms with Gasteiger partial charge in [0.1, 0.15) is 29.1 Å². The van der Waals surface area contributed by atoms with E-state index in [2.05, 4.69) is 9.71 Å². The molecule has 1 aliphatic rings. The van der Waals surface area contributed by atoms with Crippen LogP contribution < -0.4 is 4.72 Å². The highest BCUT2D eigenvalue weighted by atomic mass is 32.2. The van der Waals surface area contributed by atoms with Crippen molar-refractivity contribution in [1.29, 1.82) is 5.26 Å². The fraction of sp³-hybridized carbons (Fsp3) is 0.289. The van der Waals surface area contributed by atoms with Crippen LogP contribution in [0.25, 0.3) is 0 Å². The molecule has 0 fully saturated rings. The SMILES string of the molecule is CC(C)(C)C(C1=C(O)CC(CCc2ccc(F)cc2)(CCc2ccc(F)cc2)OC1=O)c1cccc(NS(=O)(=O)c2ccc(C#N)cn2)c1. The van der Waals surface area contributed by atoms with E-state index in [4.69, 9.17) is 10.00 Å². The minimum atomic E-state index is -4.11. The number of ether oxygens (including phenoxy) is 1. The Balaban J connectivity index is 1.46. The van der Waals surface area contributed by atoms with E-state index < -0.39 is 32.9 Å². The van der Waals surface area contributed by atoms with Crippen LogP contribution in [-0.2, 0) is 32.4 Å². The molecule has 1 atom stereocenters. The summed E-state index contributed by atoms with van der Waals surface area (Å²) in [5.41, 5.74) is 1.06. The van der Waals surface area contributed by atoms with Crippen molar-refractivity contribution in [3.63, 3.8) is 0 Å². The Kier molecular flexibility index (Phi) is 10.2. The van der Waals surface area contributed by atoms with E-state index in [1.807, 2.05) is 26.8 Å².